The Morgan fingerprint density at radius 1 is 1.32 bits per heavy atom. The Labute approximate surface area is 113 Å². The Kier molecular flexibility index (Phi) is 4.50. The summed E-state index contributed by atoms with van der Waals surface area (Å²) >= 11 is 0. The van der Waals surface area contributed by atoms with Crippen molar-refractivity contribution in [1.29, 1.82) is 0 Å². The fraction of sp³-hybridized carbons (Fsp3) is 0.500. The zero-order valence-corrected chi connectivity index (χ0v) is 11.4. The summed E-state index contributed by atoms with van der Waals surface area (Å²) < 4.78 is 12.9. The predicted octanol–water partition coefficient (Wildman–Crippen LogP) is 1.08. The molecule has 0 aliphatic carbocycles. The standard InChI is InChI=1S/C14H20FN3O/c1-11(9-16-2)17-7-8-18(14(19)10-17)13-5-3-12(15)4-6-13/h3-6,11,16H,7-10H2,1-2H3. The summed E-state index contributed by atoms with van der Waals surface area (Å²) in [5.74, 6) is -0.210. The van der Waals surface area contributed by atoms with E-state index >= 15 is 0 Å². The summed E-state index contributed by atoms with van der Waals surface area (Å²) in [4.78, 5) is 16.1. The quantitative estimate of drug-likeness (QED) is 0.885. The highest BCUT2D eigenvalue weighted by Gasteiger charge is 2.27. The van der Waals surface area contributed by atoms with Crippen LogP contribution in [0.4, 0.5) is 10.1 Å². The highest BCUT2D eigenvalue weighted by Crippen LogP contribution is 2.18. The predicted molar refractivity (Wildman–Crippen MR) is 73.7 cm³/mol. The van der Waals surface area contributed by atoms with Crippen LogP contribution in [0.3, 0.4) is 0 Å². The summed E-state index contributed by atoms with van der Waals surface area (Å²) in [5, 5.41) is 3.12. The van der Waals surface area contributed by atoms with Gasteiger partial charge in [-0.3, -0.25) is 9.69 Å². The number of nitrogens with zero attached hydrogens (tertiary/aromatic N) is 2. The van der Waals surface area contributed by atoms with Gasteiger partial charge < -0.3 is 10.2 Å². The molecule has 1 aromatic carbocycles. The first-order valence-electron chi connectivity index (χ1n) is 6.56. The Balaban J connectivity index is 2.01. The summed E-state index contributed by atoms with van der Waals surface area (Å²) in [7, 11) is 1.91. The SMILES string of the molecule is CNCC(C)N1CCN(c2ccc(F)cc2)C(=O)C1. The first-order valence-corrected chi connectivity index (χ1v) is 6.56. The average Bonchev–Trinajstić information content (AvgIpc) is 2.40. The number of rotatable bonds is 4. The van der Waals surface area contributed by atoms with Gasteiger partial charge in [0, 0.05) is 31.4 Å². The van der Waals surface area contributed by atoms with Gasteiger partial charge in [0.25, 0.3) is 0 Å². The molecule has 1 aliphatic heterocycles. The third kappa shape index (κ3) is 3.30. The highest BCUT2D eigenvalue weighted by atomic mass is 19.1. The van der Waals surface area contributed by atoms with Crippen molar-refractivity contribution in [2.45, 2.75) is 13.0 Å². The topological polar surface area (TPSA) is 35.6 Å². The molecule has 1 amide bonds. The van der Waals surface area contributed by atoms with E-state index in [4.69, 9.17) is 0 Å². The van der Waals surface area contributed by atoms with E-state index in [2.05, 4.69) is 17.1 Å². The first kappa shape index (κ1) is 14.0. The Morgan fingerprint density at radius 2 is 2.00 bits per heavy atom. The van der Waals surface area contributed by atoms with E-state index in [1.807, 2.05) is 7.05 Å². The molecular formula is C14H20FN3O. The molecular weight excluding hydrogens is 245 g/mol. The molecule has 4 nitrogen and oxygen atoms in total. The van der Waals surface area contributed by atoms with Crippen LogP contribution in [0.1, 0.15) is 6.92 Å². The number of hydrogen-bond donors (Lipinski definition) is 1. The number of carbonyl (C=O) groups excluding carboxylic acids is 1. The Bertz CT molecular complexity index is 435. The van der Waals surface area contributed by atoms with Crippen LogP contribution < -0.4 is 10.2 Å². The van der Waals surface area contributed by atoms with Crippen molar-refractivity contribution >= 4 is 11.6 Å². The maximum absolute atomic E-state index is 12.9. The van der Waals surface area contributed by atoms with E-state index in [1.165, 1.54) is 12.1 Å². The van der Waals surface area contributed by atoms with E-state index in [-0.39, 0.29) is 11.7 Å². The zero-order chi connectivity index (χ0) is 13.8. The minimum Gasteiger partial charge on any atom is -0.318 e. The number of hydrogen-bond acceptors (Lipinski definition) is 3. The molecule has 1 fully saturated rings. The minimum absolute atomic E-state index is 0.0702. The molecule has 0 aromatic heterocycles. The number of amides is 1. The molecule has 104 valence electrons. The number of carbonyl (C=O) groups is 1. The fourth-order valence-electron chi connectivity index (χ4n) is 2.39. The van der Waals surface area contributed by atoms with Gasteiger partial charge >= 0.3 is 0 Å². The number of likely N-dealkylation sites (N-methyl/N-ethyl adjacent to an activating group) is 1. The first-order chi connectivity index (χ1) is 9.11. The van der Waals surface area contributed by atoms with Crippen LogP contribution in [-0.4, -0.2) is 50.1 Å². The Morgan fingerprint density at radius 3 is 2.58 bits per heavy atom. The van der Waals surface area contributed by atoms with Gasteiger partial charge in [0.2, 0.25) is 5.91 Å². The number of benzene rings is 1. The van der Waals surface area contributed by atoms with Gasteiger partial charge in [-0.15, -0.1) is 0 Å². The number of anilines is 1. The zero-order valence-electron chi connectivity index (χ0n) is 11.4. The second-order valence-electron chi connectivity index (χ2n) is 4.90. The smallest absolute Gasteiger partial charge is 0.241 e. The lowest BCUT2D eigenvalue weighted by molar-refractivity contribution is -0.121. The van der Waals surface area contributed by atoms with Gasteiger partial charge in [-0.25, -0.2) is 4.39 Å². The van der Waals surface area contributed by atoms with Crippen molar-refractivity contribution in [2.75, 3.05) is 38.1 Å². The molecule has 0 radical (unpaired) electrons. The van der Waals surface area contributed by atoms with Gasteiger partial charge in [0.15, 0.2) is 0 Å². The van der Waals surface area contributed by atoms with E-state index in [9.17, 15) is 9.18 Å². The minimum atomic E-state index is -0.280. The normalized spacial score (nSPS) is 18.7. The number of nitrogens with one attached hydrogen (secondary N) is 1. The molecule has 5 heteroatoms. The van der Waals surface area contributed by atoms with Crippen LogP contribution in [-0.2, 0) is 4.79 Å². The van der Waals surface area contributed by atoms with Crippen LogP contribution in [0.2, 0.25) is 0 Å². The molecule has 19 heavy (non-hydrogen) atoms. The van der Waals surface area contributed by atoms with Crippen LogP contribution in [0, 0.1) is 5.82 Å². The van der Waals surface area contributed by atoms with Gasteiger partial charge in [-0.05, 0) is 38.2 Å². The largest absolute Gasteiger partial charge is 0.318 e. The van der Waals surface area contributed by atoms with Gasteiger partial charge in [-0.1, -0.05) is 0 Å². The summed E-state index contributed by atoms with van der Waals surface area (Å²) in [6.45, 7) is 4.88. The molecule has 1 atom stereocenters. The molecule has 0 spiro atoms. The monoisotopic (exact) mass is 265 g/mol. The maximum atomic E-state index is 12.9. The van der Waals surface area contributed by atoms with Crippen LogP contribution in [0.25, 0.3) is 0 Å². The van der Waals surface area contributed by atoms with Crippen molar-refractivity contribution in [2.24, 2.45) is 0 Å². The fourth-order valence-corrected chi connectivity index (χ4v) is 2.39. The summed E-state index contributed by atoms with van der Waals surface area (Å²) in [5.41, 5.74) is 0.771. The van der Waals surface area contributed by atoms with E-state index in [0.29, 0.717) is 19.1 Å². The van der Waals surface area contributed by atoms with Crippen molar-refractivity contribution in [3.63, 3.8) is 0 Å². The van der Waals surface area contributed by atoms with Crippen LogP contribution >= 0.6 is 0 Å². The van der Waals surface area contributed by atoms with Gasteiger partial charge in [0.05, 0.1) is 6.54 Å². The molecule has 1 unspecified atom stereocenters. The summed E-state index contributed by atoms with van der Waals surface area (Å²) in [6.07, 6.45) is 0. The maximum Gasteiger partial charge on any atom is 0.241 e. The van der Waals surface area contributed by atoms with Crippen LogP contribution in [0.5, 0.6) is 0 Å². The van der Waals surface area contributed by atoms with E-state index in [1.54, 1.807) is 17.0 Å². The highest BCUT2D eigenvalue weighted by molar-refractivity contribution is 5.95. The average molecular weight is 265 g/mol. The molecule has 1 aromatic rings. The van der Waals surface area contributed by atoms with Crippen LogP contribution in [0.15, 0.2) is 24.3 Å². The number of piperazine rings is 1. The molecule has 1 aliphatic rings. The Hall–Kier alpha value is -1.46. The molecule has 1 saturated heterocycles. The van der Waals surface area contributed by atoms with Crippen molar-refractivity contribution in [3.05, 3.63) is 30.1 Å². The van der Waals surface area contributed by atoms with Crippen molar-refractivity contribution in [1.82, 2.24) is 10.2 Å². The number of halogens is 1. The second kappa shape index (κ2) is 6.12. The summed E-state index contributed by atoms with van der Waals surface area (Å²) in [6, 6.07) is 6.42. The van der Waals surface area contributed by atoms with Crippen molar-refractivity contribution in [3.8, 4) is 0 Å². The molecule has 2 rings (SSSR count). The third-order valence-electron chi connectivity index (χ3n) is 3.51. The van der Waals surface area contributed by atoms with Gasteiger partial charge in [-0.2, -0.15) is 0 Å². The molecule has 0 bridgehead atoms. The lowest BCUT2D eigenvalue weighted by Crippen LogP contribution is -2.54. The lowest BCUT2D eigenvalue weighted by atomic mass is 10.2. The van der Waals surface area contributed by atoms with E-state index < -0.39 is 0 Å². The molecule has 0 saturated carbocycles. The molecule has 1 N–H and O–H groups in total. The van der Waals surface area contributed by atoms with Crippen molar-refractivity contribution < 1.29 is 9.18 Å². The van der Waals surface area contributed by atoms with E-state index in [0.717, 1.165) is 18.8 Å². The second-order valence-corrected chi connectivity index (χ2v) is 4.90. The van der Waals surface area contributed by atoms with Gasteiger partial charge in [0.1, 0.15) is 5.82 Å². The third-order valence-corrected chi connectivity index (χ3v) is 3.51. The lowest BCUT2D eigenvalue weighted by Gasteiger charge is -2.37. The molecule has 1 heterocycles.